The lowest BCUT2D eigenvalue weighted by atomic mass is 10.1. The third-order valence-corrected chi connectivity index (χ3v) is 6.15. The third-order valence-electron chi connectivity index (χ3n) is 5.58. The number of benzene rings is 2. The zero-order valence-electron chi connectivity index (χ0n) is 17.0. The highest BCUT2D eigenvalue weighted by Crippen LogP contribution is 2.34. The van der Waals surface area contributed by atoms with Crippen molar-refractivity contribution in [3.05, 3.63) is 103 Å². The maximum atomic E-state index is 12.8. The molecule has 1 aromatic heterocycles. The number of allylic oxidation sites excluding steroid dienone is 1. The Morgan fingerprint density at radius 2 is 1.81 bits per heavy atom. The molecule has 0 saturated heterocycles. The van der Waals surface area contributed by atoms with E-state index in [1.807, 2.05) is 30.3 Å². The summed E-state index contributed by atoms with van der Waals surface area (Å²) in [6.45, 7) is 0.414. The highest BCUT2D eigenvalue weighted by Gasteiger charge is 2.18. The van der Waals surface area contributed by atoms with Crippen LogP contribution in [0.5, 0.6) is 0 Å². The molecule has 2 aromatic carbocycles. The van der Waals surface area contributed by atoms with Crippen LogP contribution in [0.2, 0.25) is 10.0 Å². The molecule has 0 saturated carbocycles. The van der Waals surface area contributed by atoms with Crippen molar-refractivity contribution in [2.24, 2.45) is 0 Å². The quantitative estimate of drug-likeness (QED) is 0.467. The van der Waals surface area contributed by atoms with Crippen molar-refractivity contribution in [2.75, 3.05) is 7.11 Å². The molecule has 4 rings (SSSR count). The number of ether oxygens (including phenoxy) is 1. The van der Waals surface area contributed by atoms with Gasteiger partial charge in [-0.15, -0.1) is 0 Å². The van der Waals surface area contributed by atoms with Gasteiger partial charge in [-0.3, -0.25) is 4.79 Å². The van der Waals surface area contributed by atoms with E-state index in [9.17, 15) is 9.59 Å². The van der Waals surface area contributed by atoms with Crippen LogP contribution in [0.3, 0.4) is 0 Å². The summed E-state index contributed by atoms with van der Waals surface area (Å²) in [6.07, 6.45) is 4.47. The van der Waals surface area contributed by atoms with Gasteiger partial charge in [-0.2, -0.15) is 0 Å². The Balaban J connectivity index is 1.66. The van der Waals surface area contributed by atoms with E-state index >= 15 is 0 Å². The number of aromatic nitrogens is 1. The van der Waals surface area contributed by atoms with Gasteiger partial charge in [-0.05, 0) is 65.8 Å². The number of carbonyl (C=O) groups excluding carboxylic acids is 1. The van der Waals surface area contributed by atoms with Gasteiger partial charge in [0.15, 0.2) is 0 Å². The van der Waals surface area contributed by atoms with Crippen LogP contribution in [-0.4, -0.2) is 17.6 Å². The minimum Gasteiger partial charge on any atom is -0.465 e. The number of esters is 1. The van der Waals surface area contributed by atoms with Crippen molar-refractivity contribution < 1.29 is 9.53 Å². The normalized spacial score (nSPS) is 14.0. The highest BCUT2D eigenvalue weighted by atomic mass is 35.5. The predicted octanol–water partition coefficient (Wildman–Crippen LogP) is 5.67. The Labute approximate surface area is 190 Å². The molecule has 1 aliphatic rings. The molecule has 0 spiro atoms. The number of fused-ring (bicyclic) bond motifs is 1. The molecule has 31 heavy (non-hydrogen) atoms. The molecule has 0 atom stereocenters. The number of halogens is 2. The number of methoxy groups -OCH3 is 1. The summed E-state index contributed by atoms with van der Waals surface area (Å²) < 4.78 is 6.36. The van der Waals surface area contributed by atoms with E-state index in [1.165, 1.54) is 24.3 Å². The molecule has 0 unspecified atom stereocenters. The number of hydrogen-bond donors (Lipinski definition) is 0. The molecule has 6 heteroatoms. The zero-order chi connectivity index (χ0) is 22.0. The molecule has 0 bridgehead atoms. The average Bonchev–Trinajstić information content (AvgIpc) is 3.20. The number of carbonyl (C=O) groups is 1. The molecule has 158 valence electrons. The van der Waals surface area contributed by atoms with Crippen LogP contribution in [0.4, 0.5) is 0 Å². The summed E-state index contributed by atoms with van der Waals surface area (Å²) in [4.78, 5) is 24.5. The smallest absolute Gasteiger partial charge is 0.337 e. The maximum Gasteiger partial charge on any atom is 0.337 e. The van der Waals surface area contributed by atoms with E-state index in [0.717, 1.165) is 24.0 Å². The first-order valence-electron chi connectivity index (χ1n) is 10.0. The van der Waals surface area contributed by atoms with Crippen molar-refractivity contribution in [3.8, 4) is 0 Å². The predicted molar refractivity (Wildman–Crippen MR) is 125 cm³/mol. The standard InChI is InChI=1S/C25H21Cl2NO3/c1-31-25(30)18-8-6-16(7-9-18)12-13-28-23(21(26)15-22(27)24(28)29)14-19-11-10-17-4-2-3-5-20(17)19/h2-9,14-15H,10-13H2,1H3/b19-14+. The zero-order valence-corrected chi connectivity index (χ0v) is 18.5. The second kappa shape index (κ2) is 9.13. The molecule has 0 aliphatic heterocycles. The fourth-order valence-corrected chi connectivity index (χ4v) is 4.45. The largest absolute Gasteiger partial charge is 0.465 e. The molecule has 3 aromatic rings. The molecular weight excluding hydrogens is 433 g/mol. The average molecular weight is 454 g/mol. The van der Waals surface area contributed by atoms with Gasteiger partial charge in [0, 0.05) is 6.54 Å². The topological polar surface area (TPSA) is 48.3 Å². The first-order valence-corrected chi connectivity index (χ1v) is 10.8. The van der Waals surface area contributed by atoms with Gasteiger partial charge in [0.25, 0.3) is 5.56 Å². The molecule has 0 radical (unpaired) electrons. The van der Waals surface area contributed by atoms with E-state index in [-0.39, 0.29) is 16.6 Å². The van der Waals surface area contributed by atoms with Crippen LogP contribution in [0.15, 0.2) is 59.4 Å². The molecule has 1 heterocycles. The fourth-order valence-electron chi connectivity index (χ4n) is 3.92. The molecule has 4 nitrogen and oxygen atoms in total. The minimum atomic E-state index is -0.379. The van der Waals surface area contributed by atoms with Crippen molar-refractivity contribution in [3.63, 3.8) is 0 Å². The van der Waals surface area contributed by atoms with Gasteiger partial charge in [0.1, 0.15) is 5.02 Å². The van der Waals surface area contributed by atoms with E-state index in [2.05, 4.69) is 12.1 Å². The second-order valence-electron chi connectivity index (χ2n) is 7.45. The lowest BCUT2D eigenvalue weighted by Gasteiger charge is -2.14. The van der Waals surface area contributed by atoms with Crippen molar-refractivity contribution >= 4 is 40.8 Å². The van der Waals surface area contributed by atoms with Crippen molar-refractivity contribution in [1.82, 2.24) is 4.57 Å². The van der Waals surface area contributed by atoms with Gasteiger partial charge in [0.05, 0.1) is 23.4 Å². The van der Waals surface area contributed by atoms with Gasteiger partial charge in [-0.1, -0.05) is 59.6 Å². The number of rotatable bonds is 5. The number of aryl methyl sites for hydroxylation is 2. The van der Waals surface area contributed by atoms with Crippen LogP contribution >= 0.6 is 23.2 Å². The lowest BCUT2D eigenvalue weighted by molar-refractivity contribution is 0.0600. The van der Waals surface area contributed by atoms with E-state index in [0.29, 0.717) is 29.2 Å². The summed E-state index contributed by atoms with van der Waals surface area (Å²) >= 11 is 12.7. The van der Waals surface area contributed by atoms with E-state index < -0.39 is 0 Å². The Morgan fingerprint density at radius 3 is 2.55 bits per heavy atom. The fraction of sp³-hybridized carbons (Fsp3) is 0.200. The third kappa shape index (κ3) is 4.46. The highest BCUT2D eigenvalue weighted by molar-refractivity contribution is 6.35. The first kappa shape index (κ1) is 21.4. The second-order valence-corrected chi connectivity index (χ2v) is 8.26. The first-order chi connectivity index (χ1) is 15.0. The van der Waals surface area contributed by atoms with Crippen LogP contribution in [0.1, 0.15) is 39.2 Å². The molecule has 0 N–H and O–H groups in total. The molecule has 0 amide bonds. The van der Waals surface area contributed by atoms with E-state index in [4.69, 9.17) is 27.9 Å². The maximum absolute atomic E-state index is 12.8. The van der Waals surface area contributed by atoms with Gasteiger partial charge in [-0.25, -0.2) is 4.79 Å². The molecule has 0 fully saturated rings. The Bertz CT molecular complexity index is 1230. The van der Waals surface area contributed by atoms with Crippen molar-refractivity contribution in [2.45, 2.75) is 25.8 Å². The summed E-state index contributed by atoms with van der Waals surface area (Å²) in [7, 11) is 1.35. The van der Waals surface area contributed by atoms with Crippen molar-refractivity contribution in [1.29, 1.82) is 0 Å². The number of nitrogens with zero attached hydrogens (tertiary/aromatic N) is 1. The monoisotopic (exact) mass is 453 g/mol. The number of hydrogen-bond acceptors (Lipinski definition) is 3. The SMILES string of the molecule is COC(=O)c1ccc(CCn2c(/C=C3\CCc4ccccc43)c(Cl)cc(Cl)c2=O)cc1. The summed E-state index contributed by atoms with van der Waals surface area (Å²) in [5.41, 5.74) is 5.53. The molecule has 1 aliphatic carbocycles. The summed E-state index contributed by atoms with van der Waals surface area (Å²) in [5, 5.41) is 0.544. The molecular formula is C25H21Cl2NO3. The van der Waals surface area contributed by atoms with Crippen LogP contribution < -0.4 is 5.56 Å². The minimum absolute atomic E-state index is 0.0972. The van der Waals surface area contributed by atoms with Crippen LogP contribution in [-0.2, 0) is 24.1 Å². The van der Waals surface area contributed by atoms with E-state index in [1.54, 1.807) is 16.7 Å². The summed E-state index contributed by atoms with van der Waals surface area (Å²) in [5.74, 6) is -0.379. The Kier molecular flexibility index (Phi) is 6.30. The van der Waals surface area contributed by atoms with Gasteiger partial charge in [0.2, 0.25) is 0 Å². The lowest BCUT2D eigenvalue weighted by Crippen LogP contribution is -2.24. The van der Waals surface area contributed by atoms with Gasteiger partial charge >= 0.3 is 5.97 Å². The number of pyridine rings is 1. The van der Waals surface area contributed by atoms with Crippen LogP contribution in [0, 0.1) is 0 Å². The van der Waals surface area contributed by atoms with Crippen LogP contribution in [0.25, 0.3) is 11.6 Å². The van der Waals surface area contributed by atoms with Gasteiger partial charge < -0.3 is 9.30 Å². The summed E-state index contributed by atoms with van der Waals surface area (Å²) in [6, 6.07) is 16.9. The Morgan fingerprint density at radius 1 is 1.06 bits per heavy atom. The Hall–Kier alpha value is -2.82.